The zero-order valence-electron chi connectivity index (χ0n) is 15.8. The lowest BCUT2D eigenvalue weighted by Crippen LogP contribution is -2.42. The number of halogens is 5. The summed E-state index contributed by atoms with van der Waals surface area (Å²) >= 11 is 0. The van der Waals surface area contributed by atoms with E-state index in [2.05, 4.69) is 0 Å². The van der Waals surface area contributed by atoms with Crippen molar-refractivity contribution in [2.24, 2.45) is 17.8 Å². The summed E-state index contributed by atoms with van der Waals surface area (Å²) in [5.41, 5.74) is -3.00. The van der Waals surface area contributed by atoms with E-state index in [0.717, 1.165) is 6.92 Å². The minimum atomic E-state index is -6.07. The Labute approximate surface area is 168 Å². The highest BCUT2D eigenvalue weighted by molar-refractivity contribution is 7.90. The molecular formula is C19H17F5O5S. The molecule has 2 atom stereocenters. The van der Waals surface area contributed by atoms with Gasteiger partial charge in [-0.3, -0.25) is 14.4 Å². The van der Waals surface area contributed by atoms with Crippen LogP contribution in [-0.4, -0.2) is 38.2 Å². The molecule has 0 N–H and O–H groups in total. The van der Waals surface area contributed by atoms with Gasteiger partial charge in [-0.2, -0.15) is 22.0 Å². The van der Waals surface area contributed by atoms with Gasteiger partial charge >= 0.3 is 12.1 Å². The summed E-state index contributed by atoms with van der Waals surface area (Å²) in [6.45, 7) is 0.909. The Morgan fingerprint density at radius 2 is 1.50 bits per heavy atom. The molecule has 30 heavy (non-hydrogen) atoms. The molecule has 0 radical (unpaired) electrons. The maximum atomic E-state index is 14.0. The molecule has 5 nitrogen and oxygen atoms in total. The SMILES string of the molecule is Cc1c(C(=O)C2C(=O)C3CCC(C3)C2=O)ccc(C(F)(F)C(F)(F)F)c1S(C)(=O)=O. The van der Waals surface area contributed by atoms with Crippen LogP contribution in [-0.2, 0) is 25.3 Å². The Kier molecular flexibility index (Phi) is 5.20. The Morgan fingerprint density at radius 3 is 1.93 bits per heavy atom. The third-order valence-corrected chi connectivity index (χ3v) is 7.07. The third kappa shape index (κ3) is 3.36. The molecule has 11 heteroatoms. The molecule has 0 aromatic heterocycles. The number of hydrogen-bond donors (Lipinski definition) is 0. The first-order valence-corrected chi connectivity index (χ1v) is 10.9. The van der Waals surface area contributed by atoms with Crippen LogP contribution in [0.3, 0.4) is 0 Å². The fraction of sp³-hybridized carbons (Fsp3) is 0.526. The lowest BCUT2D eigenvalue weighted by molar-refractivity contribution is -0.290. The van der Waals surface area contributed by atoms with E-state index < -0.39 is 78.6 Å². The van der Waals surface area contributed by atoms with Crippen LogP contribution in [0.15, 0.2) is 17.0 Å². The van der Waals surface area contributed by atoms with Crippen LogP contribution in [0.5, 0.6) is 0 Å². The Balaban J connectivity index is 2.18. The van der Waals surface area contributed by atoms with Crippen molar-refractivity contribution in [2.45, 2.75) is 43.2 Å². The van der Waals surface area contributed by atoms with Gasteiger partial charge in [-0.1, -0.05) is 12.1 Å². The summed E-state index contributed by atoms with van der Waals surface area (Å²) in [5.74, 6) is -10.5. The Morgan fingerprint density at radius 1 is 1.00 bits per heavy atom. The maximum Gasteiger partial charge on any atom is 0.458 e. The van der Waals surface area contributed by atoms with Crippen molar-refractivity contribution in [1.82, 2.24) is 0 Å². The predicted octanol–water partition coefficient (Wildman–Crippen LogP) is 3.42. The molecular weight excluding hydrogens is 435 g/mol. The molecule has 0 aliphatic heterocycles. The minimum absolute atomic E-state index is 0.219. The van der Waals surface area contributed by atoms with Crippen molar-refractivity contribution in [3.05, 3.63) is 28.8 Å². The molecule has 1 aromatic carbocycles. The summed E-state index contributed by atoms with van der Waals surface area (Å²) in [5, 5.41) is 0. The largest absolute Gasteiger partial charge is 0.458 e. The van der Waals surface area contributed by atoms with Gasteiger partial charge in [0.05, 0.1) is 4.90 Å². The number of hydrogen-bond acceptors (Lipinski definition) is 5. The molecule has 2 aliphatic rings. The maximum absolute atomic E-state index is 14.0. The molecule has 2 bridgehead atoms. The second kappa shape index (κ2) is 6.93. The second-order valence-electron chi connectivity index (χ2n) is 7.77. The van der Waals surface area contributed by atoms with Gasteiger partial charge < -0.3 is 0 Å². The van der Waals surface area contributed by atoms with Gasteiger partial charge in [0.15, 0.2) is 27.2 Å². The van der Waals surface area contributed by atoms with Gasteiger partial charge in [0, 0.05) is 29.2 Å². The van der Waals surface area contributed by atoms with E-state index in [9.17, 15) is 44.8 Å². The number of sulfone groups is 1. The first-order valence-electron chi connectivity index (χ1n) is 8.99. The number of fused-ring (bicyclic) bond motifs is 2. The summed E-state index contributed by atoms with van der Waals surface area (Å²) in [6, 6.07) is 0.842. The molecule has 2 aliphatic carbocycles. The Bertz CT molecular complexity index is 1040. The second-order valence-corrected chi connectivity index (χ2v) is 9.72. The van der Waals surface area contributed by atoms with Crippen molar-refractivity contribution in [1.29, 1.82) is 0 Å². The molecule has 3 rings (SSSR count). The van der Waals surface area contributed by atoms with Gasteiger partial charge in [0.25, 0.3) is 0 Å². The van der Waals surface area contributed by atoms with Crippen molar-refractivity contribution in [2.75, 3.05) is 6.26 Å². The standard InChI is InChI=1S/C19H17F5O5S/c1-8-11(16(27)13-14(25)9-3-4-10(7-9)15(13)26)5-6-12(17(8)30(2,28)29)18(20,21)19(22,23)24/h5-6,9-10,13H,3-4,7H2,1-2H3. The van der Waals surface area contributed by atoms with Crippen LogP contribution >= 0.6 is 0 Å². The molecule has 2 saturated carbocycles. The first kappa shape index (κ1) is 22.5. The normalized spacial score (nSPS) is 25.0. The monoisotopic (exact) mass is 452 g/mol. The average molecular weight is 452 g/mol. The van der Waals surface area contributed by atoms with Crippen LogP contribution in [0.1, 0.15) is 40.7 Å². The highest BCUT2D eigenvalue weighted by Crippen LogP contribution is 2.47. The van der Waals surface area contributed by atoms with Crippen LogP contribution in [0.25, 0.3) is 0 Å². The summed E-state index contributed by atoms with van der Waals surface area (Å²) in [6.07, 6.45) is -4.44. The summed E-state index contributed by atoms with van der Waals surface area (Å²) in [4.78, 5) is 36.7. The van der Waals surface area contributed by atoms with E-state index in [-0.39, 0.29) is 6.07 Å². The number of carbonyl (C=O) groups excluding carboxylic acids is 3. The minimum Gasteiger partial charge on any atom is -0.298 e. The molecule has 164 valence electrons. The highest BCUT2D eigenvalue weighted by atomic mass is 32.2. The van der Waals surface area contributed by atoms with Gasteiger partial charge in [-0.15, -0.1) is 0 Å². The van der Waals surface area contributed by atoms with Crippen LogP contribution in [0.2, 0.25) is 0 Å². The van der Waals surface area contributed by atoms with E-state index >= 15 is 0 Å². The van der Waals surface area contributed by atoms with E-state index in [1.165, 1.54) is 0 Å². The Hall–Kier alpha value is -2.17. The molecule has 0 saturated heterocycles. The first-order chi connectivity index (χ1) is 13.6. The average Bonchev–Trinajstić information content (AvgIpc) is 3.04. The van der Waals surface area contributed by atoms with E-state index in [4.69, 9.17) is 0 Å². The molecule has 0 heterocycles. The van der Waals surface area contributed by atoms with E-state index in [0.29, 0.717) is 31.6 Å². The summed E-state index contributed by atoms with van der Waals surface area (Å²) < 4.78 is 90.7. The molecule has 1 aromatic rings. The molecule has 0 spiro atoms. The van der Waals surface area contributed by atoms with Crippen molar-refractivity contribution < 1.29 is 44.8 Å². The van der Waals surface area contributed by atoms with Crippen LogP contribution in [0.4, 0.5) is 22.0 Å². The highest BCUT2D eigenvalue weighted by Gasteiger charge is 2.60. The number of alkyl halides is 5. The zero-order valence-corrected chi connectivity index (χ0v) is 16.7. The lowest BCUT2D eigenvalue weighted by Gasteiger charge is -2.26. The fourth-order valence-electron chi connectivity index (χ4n) is 4.36. The number of benzene rings is 1. The number of ketones is 3. The fourth-order valence-corrected chi connectivity index (χ4v) is 5.62. The van der Waals surface area contributed by atoms with Gasteiger partial charge in [-0.25, -0.2) is 8.42 Å². The lowest BCUT2D eigenvalue weighted by atomic mass is 9.75. The van der Waals surface area contributed by atoms with Gasteiger partial charge in [0.1, 0.15) is 5.92 Å². The van der Waals surface area contributed by atoms with E-state index in [1.807, 2.05) is 0 Å². The predicted molar refractivity (Wildman–Crippen MR) is 92.9 cm³/mol. The molecule has 2 unspecified atom stereocenters. The smallest absolute Gasteiger partial charge is 0.298 e. The van der Waals surface area contributed by atoms with Crippen molar-refractivity contribution in [3.63, 3.8) is 0 Å². The van der Waals surface area contributed by atoms with Gasteiger partial charge in [-0.05, 0) is 31.7 Å². The zero-order chi connectivity index (χ0) is 22.8. The number of rotatable bonds is 4. The third-order valence-electron chi connectivity index (χ3n) is 5.81. The van der Waals surface area contributed by atoms with E-state index in [1.54, 1.807) is 0 Å². The molecule has 0 amide bonds. The quantitative estimate of drug-likeness (QED) is 0.397. The van der Waals surface area contributed by atoms with Crippen LogP contribution in [0, 0.1) is 24.7 Å². The molecule has 2 fully saturated rings. The number of Topliss-reactive ketones (excluding diaryl/α,β-unsaturated/α-hetero) is 3. The topological polar surface area (TPSA) is 85.3 Å². The van der Waals surface area contributed by atoms with Gasteiger partial charge in [0.2, 0.25) is 0 Å². The summed E-state index contributed by atoms with van der Waals surface area (Å²) in [7, 11) is -4.63. The van der Waals surface area contributed by atoms with Crippen molar-refractivity contribution >= 4 is 27.2 Å². The number of carbonyl (C=O) groups is 3. The van der Waals surface area contributed by atoms with Crippen LogP contribution < -0.4 is 0 Å². The van der Waals surface area contributed by atoms with Crippen molar-refractivity contribution in [3.8, 4) is 0 Å².